The fraction of sp³-hybridized carbons (Fsp3) is 0.667. The van der Waals surface area contributed by atoms with Crippen LogP contribution in [-0.2, 0) is 4.79 Å². The van der Waals surface area contributed by atoms with Gasteiger partial charge in [-0.15, -0.1) is 6.58 Å². The van der Waals surface area contributed by atoms with Crippen molar-refractivity contribution in [1.29, 1.82) is 0 Å². The molecule has 0 radical (unpaired) electrons. The highest BCUT2D eigenvalue weighted by Gasteiger charge is 2.20. The number of hydrogen-bond donors (Lipinski definition) is 3. The summed E-state index contributed by atoms with van der Waals surface area (Å²) < 4.78 is 0. The molecule has 76 valence electrons. The zero-order valence-corrected chi connectivity index (χ0v) is 8.03. The predicted octanol–water partition coefficient (Wildman–Crippen LogP) is 0.232. The summed E-state index contributed by atoms with van der Waals surface area (Å²) in [5.41, 5.74) is 0. The van der Waals surface area contributed by atoms with Crippen molar-refractivity contribution in [2.45, 2.75) is 26.0 Å². The lowest BCUT2D eigenvalue weighted by Crippen LogP contribution is -2.43. The van der Waals surface area contributed by atoms with Crippen molar-refractivity contribution in [3.05, 3.63) is 12.7 Å². The maximum atomic E-state index is 10.7. The molecule has 0 aliphatic heterocycles. The minimum absolute atomic E-state index is 0.00508. The summed E-state index contributed by atoms with van der Waals surface area (Å²) in [5.74, 6) is -0.902. The number of carboxylic acids is 1. The average molecular weight is 187 g/mol. The Morgan fingerprint density at radius 3 is 2.46 bits per heavy atom. The van der Waals surface area contributed by atoms with E-state index in [0.29, 0.717) is 0 Å². The Labute approximate surface area is 78.3 Å². The van der Waals surface area contributed by atoms with E-state index in [1.54, 1.807) is 0 Å². The molecule has 4 heteroatoms. The summed E-state index contributed by atoms with van der Waals surface area (Å²) in [5, 5.41) is 20.6. The normalized spacial score (nSPS) is 15.4. The van der Waals surface area contributed by atoms with E-state index in [0.717, 1.165) is 0 Å². The second kappa shape index (κ2) is 5.72. The Kier molecular flexibility index (Phi) is 5.34. The van der Waals surface area contributed by atoms with Gasteiger partial charge >= 0.3 is 5.97 Å². The van der Waals surface area contributed by atoms with Crippen molar-refractivity contribution in [1.82, 2.24) is 5.32 Å². The number of aliphatic hydroxyl groups is 1. The second-order valence-electron chi connectivity index (χ2n) is 3.27. The predicted molar refractivity (Wildman–Crippen MR) is 50.5 cm³/mol. The van der Waals surface area contributed by atoms with Crippen LogP contribution in [0.3, 0.4) is 0 Å². The largest absolute Gasteiger partial charge is 0.480 e. The average Bonchev–Trinajstić information content (AvgIpc) is 2.03. The van der Waals surface area contributed by atoms with E-state index in [9.17, 15) is 4.79 Å². The Morgan fingerprint density at radius 2 is 2.15 bits per heavy atom. The molecule has 0 bridgehead atoms. The lowest BCUT2D eigenvalue weighted by Gasteiger charge is -2.18. The van der Waals surface area contributed by atoms with Gasteiger partial charge in [-0.05, 0) is 5.92 Å². The number of carbonyl (C=O) groups is 1. The maximum absolute atomic E-state index is 10.7. The molecule has 0 aliphatic rings. The fourth-order valence-corrected chi connectivity index (χ4v) is 0.939. The topological polar surface area (TPSA) is 69.6 Å². The Hall–Kier alpha value is -0.870. The number of aliphatic carboxylic acids is 1. The summed E-state index contributed by atoms with van der Waals surface area (Å²) >= 11 is 0. The third-order valence-electron chi connectivity index (χ3n) is 1.75. The van der Waals surface area contributed by atoms with Gasteiger partial charge in [-0.2, -0.15) is 0 Å². The molecule has 0 heterocycles. The molecule has 0 spiro atoms. The fourth-order valence-electron chi connectivity index (χ4n) is 0.939. The maximum Gasteiger partial charge on any atom is 0.320 e. The summed E-state index contributed by atoms with van der Waals surface area (Å²) in [6.07, 6.45) is 0.673. The first-order chi connectivity index (χ1) is 5.99. The van der Waals surface area contributed by atoms with Gasteiger partial charge in [0.1, 0.15) is 6.04 Å². The van der Waals surface area contributed by atoms with Crippen LogP contribution in [0.2, 0.25) is 0 Å². The van der Waals surface area contributed by atoms with Gasteiger partial charge in [-0.3, -0.25) is 4.79 Å². The standard InChI is InChI=1S/C9H17NO3/c1-4-7(11)5-10-8(6(2)3)9(12)13/h4,6-8,10-11H,1,5H2,2-3H3,(H,12,13)/t7?,8-/m0/s1. The molecule has 1 unspecified atom stereocenters. The molecule has 0 aliphatic carbocycles. The molecular weight excluding hydrogens is 170 g/mol. The SMILES string of the molecule is C=CC(O)CN[C@H](C(=O)O)C(C)C. The number of hydrogen-bond acceptors (Lipinski definition) is 3. The van der Waals surface area contributed by atoms with E-state index in [1.807, 2.05) is 13.8 Å². The molecule has 0 saturated carbocycles. The van der Waals surface area contributed by atoms with E-state index in [2.05, 4.69) is 11.9 Å². The number of aliphatic hydroxyl groups excluding tert-OH is 1. The zero-order chi connectivity index (χ0) is 10.4. The van der Waals surface area contributed by atoms with Gasteiger partial charge in [0.25, 0.3) is 0 Å². The van der Waals surface area contributed by atoms with Crippen molar-refractivity contribution >= 4 is 5.97 Å². The van der Waals surface area contributed by atoms with Crippen molar-refractivity contribution in [2.24, 2.45) is 5.92 Å². The number of carboxylic acid groups (broad SMARTS) is 1. The third kappa shape index (κ3) is 4.65. The highest BCUT2D eigenvalue weighted by atomic mass is 16.4. The smallest absolute Gasteiger partial charge is 0.320 e. The van der Waals surface area contributed by atoms with E-state index in [-0.39, 0.29) is 12.5 Å². The van der Waals surface area contributed by atoms with Gasteiger partial charge in [0.2, 0.25) is 0 Å². The summed E-state index contributed by atoms with van der Waals surface area (Å²) in [6, 6.07) is -0.616. The highest BCUT2D eigenvalue weighted by Crippen LogP contribution is 2.01. The lowest BCUT2D eigenvalue weighted by atomic mass is 10.0. The number of rotatable bonds is 6. The summed E-state index contributed by atoms with van der Waals surface area (Å²) in [6.45, 7) is 7.23. The molecule has 0 saturated heterocycles. The lowest BCUT2D eigenvalue weighted by molar-refractivity contribution is -0.140. The van der Waals surface area contributed by atoms with Crippen LogP contribution in [0.5, 0.6) is 0 Å². The minimum atomic E-state index is -0.897. The molecule has 13 heavy (non-hydrogen) atoms. The van der Waals surface area contributed by atoms with Crippen LogP contribution < -0.4 is 5.32 Å². The van der Waals surface area contributed by atoms with Crippen LogP contribution in [0.4, 0.5) is 0 Å². The van der Waals surface area contributed by atoms with Crippen molar-refractivity contribution in [2.75, 3.05) is 6.54 Å². The molecule has 3 N–H and O–H groups in total. The molecule has 0 aromatic carbocycles. The van der Waals surface area contributed by atoms with E-state index in [4.69, 9.17) is 10.2 Å². The van der Waals surface area contributed by atoms with Crippen LogP contribution >= 0.6 is 0 Å². The first kappa shape index (κ1) is 12.1. The van der Waals surface area contributed by atoms with Crippen LogP contribution in [0.25, 0.3) is 0 Å². The van der Waals surface area contributed by atoms with Crippen LogP contribution in [0, 0.1) is 5.92 Å². The summed E-state index contributed by atoms with van der Waals surface area (Å²) in [7, 11) is 0. The zero-order valence-electron chi connectivity index (χ0n) is 8.03. The van der Waals surface area contributed by atoms with E-state index in [1.165, 1.54) is 6.08 Å². The molecule has 4 nitrogen and oxygen atoms in total. The van der Waals surface area contributed by atoms with Gasteiger partial charge in [-0.25, -0.2) is 0 Å². The van der Waals surface area contributed by atoms with Crippen molar-refractivity contribution < 1.29 is 15.0 Å². The van der Waals surface area contributed by atoms with Crippen LogP contribution in [0.15, 0.2) is 12.7 Å². The quantitative estimate of drug-likeness (QED) is 0.521. The van der Waals surface area contributed by atoms with Gasteiger partial charge < -0.3 is 15.5 Å². The van der Waals surface area contributed by atoms with Crippen LogP contribution in [0.1, 0.15) is 13.8 Å². The monoisotopic (exact) mass is 187 g/mol. The second-order valence-corrected chi connectivity index (χ2v) is 3.27. The Balaban J connectivity index is 3.97. The number of nitrogens with one attached hydrogen (secondary N) is 1. The molecule has 0 aromatic rings. The first-order valence-electron chi connectivity index (χ1n) is 4.25. The van der Waals surface area contributed by atoms with Gasteiger partial charge in [0, 0.05) is 6.54 Å². The third-order valence-corrected chi connectivity index (χ3v) is 1.75. The van der Waals surface area contributed by atoms with Gasteiger partial charge in [0.15, 0.2) is 0 Å². The molecule has 0 aromatic heterocycles. The molecule has 0 rings (SSSR count). The van der Waals surface area contributed by atoms with Gasteiger partial charge in [0.05, 0.1) is 6.10 Å². The molecule has 0 fully saturated rings. The Bertz CT molecular complexity index is 180. The summed E-state index contributed by atoms with van der Waals surface area (Å²) in [4.78, 5) is 10.7. The molecule has 2 atom stereocenters. The molecular formula is C9H17NO3. The van der Waals surface area contributed by atoms with Crippen LogP contribution in [-0.4, -0.2) is 34.9 Å². The first-order valence-corrected chi connectivity index (χ1v) is 4.25. The van der Waals surface area contributed by atoms with E-state index < -0.39 is 18.1 Å². The van der Waals surface area contributed by atoms with Gasteiger partial charge in [-0.1, -0.05) is 19.9 Å². The molecule has 0 amide bonds. The van der Waals surface area contributed by atoms with Crippen molar-refractivity contribution in [3.8, 4) is 0 Å². The highest BCUT2D eigenvalue weighted by molar-refractivity contribution is 5.73. The van der Waals surface area contributed by atoms with E-state index >= 15 is 0 Å². The minimum Gasteiger partial charge on any atom is -0.480 e. The van der Waals surface area contributed by atoms with Crippen molar-refractivity contribution in [3.63, 3.8) is 0 Å². The Morgan fingerprint density at radius 1 is 1.62 bits per heavy atom.